The van der Waals surface area contributed by atoms with Gasteiger partial charge in [-0.25, -0.2) is 4.57 Å². The van der Waals surface area contributed by atoms with Crippen LogP contribution < -0.4 is 9.05 Å². The van der Waals surface area contributed by atoms with E-state index in [9.17, 15) is 23.7 Å². The van der Waals surface area contributed by atoms with Crippen LogP contribution in [0.1, 0.15) is 41.4 Å². The molecule has 0 heterocycles. The van der Waals surface area contributed by atoms with Crippen LogP contribution in [0.15, 0.2) is 109 Å². The Morgan fingerprint density at radius 2 is 0.694 bits per heavy atom. The standard InChI is InChI=1S/C28H19O7P/c29-25(19-7-3-1-4-8-19)27(31)21-11-15-23(16-12-21)34-36(33)35-24-17-13-22(14-18-24)28(32)26(30)20-9-5-2-6-10-20/h1-18,36H. The molecule has 0 unspecified atom stereocenters. The summed E-state index contributed by atoms with van der Waals surface area (Å²) in [7, 11) is -3.03. The van der Waals surface area contributed by atoms with Crippen LogP contribution in [-0.2, 0) is 4.57 Å². The van der Waals surface area contributed by atoms with Crippen molar-refractivity contribution in [2.24, 2.45) is 0 Å². The number of hydrogen-bond donors (Lipinski definition) is 0. The molecule has 0 bridgehead atoms. The van der Waals surface area contributed by atoms with Gasteiger partial charge in [0.1, 0.15) is 11.5 Å². The lowest BCUT2D eigenvalue weighted by atomic mass is 10.0. The van der Waals surface area contributed by atoms with E-state index < -0.39 is 31.4 Å². The molecule has 0 saturated heterocycles. The molecule has 0 atom stereocenters. The third kappa shape index (κ3) is 5.90. The van der Waals surface area contributed by atoms with Gasteiger partial charge in [0.15, 0.2) is 0 Å². The molecule has 4 rings (SSSR count). The summed E-state index contributed by atoms with van der Waals surface area (Å²) in [4.78, 5) is 49.4. The second-order valence-electron chi connectivity index (χ2n) is 7.55. The van der Waals surface area contributed by atoms with Gasteiger partial charge in [-0.3, -0.25) is 19.2 Å². The summed E-state index contributed by atoms with van der Waals surface area (Å²) in [5.74, 6) is -2.23. The zero-order chi connectivity index (χ0) is 25.5. The molecule has 7 nitrogen and oxygen atoms in total. The lowest BCUT2D eigenvalue weighted by Crippen LogP contribution is -2.14. The minimum absolute atomic E-state index is 0.169. The maximum absolute atomic E-state index is 12.4. The van der Waals surface area contributed by atoms with Crippen molar-refractivity contribution in [1.82, 2.24) is 0 Å². The van der Waals surface area contributed by atoms with Gasteiger partial charge in [-0.05, 0) is 48.5 Å². The zero-order valence-electron chi connectivity index (χ0n) is 18.8. The average molecular weight is 498 g/mol. The predicted octanol–water partition coefficient (Wildman–Crippen LogP) is 5.67. The summed E-state index contributed by atoms with van der Waals surface area (Å²) >= 11 is 0. The number of ketones is 4. The third-order valence-electron chi connectivity index (χ3n) is 5.12. The highest BCUT2D eigenvalue weighted by Crippen LogP contribution is 2.31. The Labute approximate surface area is 207 Å². The highest BCUT2D eigenvalue weighted by molar-refractivity contribution is 7.34. The fourth-order valence-electron chi connectivity index (χ4n) is 3.27. The number of carbonyl (C=O) groups is 4. The number of benzene rings is 4. The zero-order valence-corrected chi connectivity index (χ0v) is 19.8. The van der Waals surface area contributed by atoms with E-state index in [-0.39, 0.29) is 22.6 Å². The van der Waals surface area contributed by atoms with Gasteiger partial charge in [-0.1, -0.05) is 60.7 Å². The van der Waals surface area contributed by atoms with Crippen LogP contribution in [0.3, 0.4) is 0 Å². The van der Waals surface area contributed by atoms with Crippen molar-refractivity contribution < 1.29 is 32.8 Å². The summed E-state index contributed by atoms with van der Waals surface area (Å²) in [6.45, 7) is 0. The van der Waals surface area contributed by atoms with Gasteiger partial charge in [0.2, 0.25) is 23.1 Å². The maximum Gasteiger partial charge on any atom is 0.418 e. The van der Waals surface area contributed by atoms with Gasteiger partial charge in [0, 0.05) is 22.3 Å². The Kier molecular flexibility index (Phi) is 7.63. The number of Topliss-reactive ketones (excluding diaryl/α,β-unsaturated/α-hetero) is 4. The molecule has 0 aromatic heterocycles. The van der Waals surface area contributed by atoms with Crippen LogP contribution >= 0.6 is 8.25 Å². The monoisotopic (exact) mass is 498 g/mol. The highest BCUT2D eigenvalue weighted by Gasteiger charge is 2.19. The van der Waals surface area contributed by atoms with Gasteiger partial charge < -0.3 is 9.05 Å². The van der Waals surface area contributed by atoms with Gasteiger partial charge in [0.25, 0.3) is 0 Å². The molecule has 0 saturated carbocycles. The van der Waals surface area contributed by atoms with E-state index in [0.29, 0.717) is 11.1 Å². The first-order valence-electron chi connectivity index (χ1n) is 10.8. The molecule has 4 aromatic rings. The molecular weight excluding hydrogens is 479 g/mol. The maximum atomic E-state index is 12.4. The highest BCUT2D eigenvalue weighted by atomic mass is 31.1. The fourth-order valence-corrected chi connectivity index (χ4v) is 3.96. The van der Waals surface area contributed by atoms with E-state index in [0.717, 1.165) is 0 Å². The Morgan fingerprint density at radius 1 is 0.417 bits per heavy atom. The van der Waals surface area contributed by atoms with Crippen LogP contribution in [0.25, 0.3) is 0 Å². The minimum Gasteiger partial charge on any atom is -0.418 e. The van der Waals surface area contributed by atoms with Gasteiger partial charge in [-0.2, -0.15) is 0 Å². The van der Waals surface area contributed by atoms with Crippen LogP contribution in [0, 0.1) is 0 Å². The smallest absolute Gasteiger partial charge is 0.418 e. The lowest BCUT2D eigenvalue weighted by molar-refractivity contribution is 0.0817. The van der Waals surface area contributed by atoms with Crippen molar-refractivity contribution in [3.05, 3.63) is 131 Å². The molecule has 0 aliphatic heterocycles. The first-order chi connectivity index (χ1) is 17.4. The average Bonchev–Trinajstić information content (AvgIpc) is 2.93. The van der Waals surface area contributed by atoms with E-state index in [1.54, 1.807) is 60.7 Å². The first kappa shape index (κ1) is 24.5. The van der Waals surface area contributed by atoms with Crippen molar-refractivity contribution in [3.8, 4) is 11.5 Å². The Bertz CT molecular complexity index is 1320. The second-order valence-corrected chi connectivity index (χ2v) is 8.46. The number of carbonyl (C=O) groups excluding carboxylic acids is 4. The Balaban J connectivity index is 1.34. The topological polar surface area (TPSA) is 104 Å². The van der Waals surface area contributed by atoms with Crippen molar-refractivity contribution >= 4 is 31.4 Å². The van der Waals surface area contributed by atoms with Crippen molar-refractivity contribution in [2.45, 2.75) is 0 Å². The van der Waals surface area contributed by atoms with E-state index >= 15 is 0 Å². The molecule has 0 radical (unpaired) electrons. The van der Waals surface area contributed by atoms with E-state index in [1.165, 1.54) is 48.5 Å². The van der Waals surface area contributed by atoms with Crippen LogP contribution in [0.2, 0.25) is 0 Å². The quantitative estimate of drug-likeness (QED) is 0.158. The first-order valence-corrected chi connectivity index (χ1v) is 12.0. The Morgan fingerprint density at radius 3 is 1.00 bits per heavy atom. The third-order valence-corrected chi connectivity index (χ3v) is 5.92. The number of rotatable bonds is 10. The summed E-state index contributed by atoms with van der Waals surface area (Å²) in [6, 6.07) is 27.7. The van der Waals surface area contributed by atoms with Crippen molar-refractivity contribution in [1.29, 1.82) is 0 Å². The molecular formula is C28H19O7P. The molecule has 0 spiro atoms. The Hall–Kier alpha value is -4.61. The van der Waals surface area contributed by atoms with Crippen LogP contribution in [0.4, 0.5) is 0 Å². The molecule has 0 amide bonds. The molecule has 4 aromatic carbocycles. The van der Waals surface area contributed by atoms with E-state index in [4.69, 9.17) is 9.05 Å². The molecule has 178 valence electrons. The largest absolute Gasteiger partial charge is 0.418 e. The van der Waals surface area contributed by atoms with E-state index in [2.05, 4.69) is 0 Å². The number of hydrogen-bond acceptors (Lipinski definition) is 7. The molecule has 0 N–H and O–H groups in total. The molecule has 0 fully saturated rings. The summed E-state index contributed by atoms with van der Waals surface area (Å²) in [6.07, 6.45) is 0. The predicted molar refractivity (Wildman–Crippen MR) is 133 cm³/mol. The van der Waals surface area contributed by atoms with Crippen molar-refractivity contribution in [2.75, 3.05) is 0 Å². The van der Waals surface area contributed by atoms with Gasteiger partial charge >= 0.3 is 8.25 Å². The fraction of sp³-hybridized carbons (Fsp3) is 0. The summed E-state index contributed by atoms with van der Waals surface area (Å²) < 4.78 is 22.9. The SMILES string of the molecule is O=C(C(=O)c1ccc(O[PH](=O)Oc2ccc(C(=O)C(=O)c3ccccc3)cc2)cc1)c1ccccc1. The van der Waals surface area contributed by atoms with Crippen LogP contribution in [0.5, 0.6) is 11.5 Å². The summed E-state index contributed by atoms with van der Waals surface area (Å²) in [5, 5.41) is 0. The molecule has 36 heavy (non-hydrogen) atoms. The molecule has 0 aliphatic rings. The molecule has 8 heteroatoms. The lowest BCUT2D eigenvalue weighted by Gasteiger charge is -2.09. The normalized spacial score (nSPS) is 10.5. The molecule has 0 aliphatic carbocycles. The summed E-state index contributed by atoms with van der Waals surface area (Å²) in [5.41, 5.74) is 0.918. The van der Waals surface area contributed by atoms with Gasteiger partial charge in [-0.15, -0.1) is 0 Å². The van der Waals surface area contributed by atoms with Crippen LogP contribution in [-0.4, -0.2) is 23.1 Å². The van der Waals surface area contributed by atoms with E-state index in [1.807, 2.05) is 0 Å². The van der Waals surface area contributed by atoms with Gasteiger partial charge in [0.05, 0.1) is 0 Å². The van der Waals surface area contributed by atoms with Crippen molar-refractivity contribution in [3.63, 3.8) is 0 Å². The second kappa shape index (κ2) is 11.2. The minimum atomic E-state index is -3.03.